The van der Waals surface area contributed by atoms with E-state index in [1.165, 1.54) is 0 Å². The predicted molar refractivity (Wildman–Crippen MR) is 75.6 cm³/mol. The number of carboxylic acids is 1. The van der Waals surface area contributed by atoms with Crippen LogP contribution >= 0.6 is 0 Å². The van der Waals surface area contributed by atoms with Crippen molar-refractivity contribution < 1.29 is 14.7 Å². The number of aryl methyl sites for hydroxylation is 1. The van der Waals surface area contributed by atoms with Crippen LogP contribution in [0.1, 0.15) is 48.8 Å². The lowest BCUT2D eigenvalue weighted by molar-refractivity contribution is -0.145. The number of carboxylic acid groups (broad SMARTS) is 1. The first-order chi connectivity index (χ1) is 9.35. The molecule has 0 bridgehead atoms. The molecule has 2 N–H and O–H groups in total. The summed E-state index contributed by atoms with van der Waals surface area (Å²) in [5.74, 6) is -1.53. The normalized spacial score (nSPS) is 26.2. The molecule has 1 aliphatic carbocycles. The average Bonchev–Trinajstić information content (AvgIpc) is 2.69. The molecule has 1 saturated carbocycles. The number of carbonyl (C=O) groups excluding carboxylic acids is 1. The zero-order valence-electron chi connectivity index (χ0n) is 12.3. The third-order valence-corrected chi connectivity index (χ3v) is 4.51. The number of carbonyl (C=O) groups is 2. The topological polar surface area (TPSA) is 71.3 Å². The molecule has 0 aromatic carbocycles. The van der Waals surface area contributed by atoms with E-state index < -0.39 is 17.4 Å². The Morgan fingerprint density at radius 1 is 1.40 bits per heavy atom. The highest BCUT2D eigenvalue weighted by Crippen LogP contribution is 2.34. The van der Waals surface area contributed by atoms with Crippen LogP contribution in [0.15, 0.2) is 12.1 Å². The van der Waals surface area contributed by atoms with Crippen molar-refractivity contribution in [3.63, 3.8) is 0 Å². The van der Waals surface area contributed by atoms with Crippen LogP contribution in [0.3, 0.4) is 0 Å². The van der Waals surface area contributed by atoms with Gasteiger partial charge in [0.15, 0.2) is 0 Å². The van der Waals surface area contributed by atoms with Gasteiger partial charge in [-0.2, -0.15) is 0 Å². The zero-order valence-corrected chi connectivity index (χ0v) is 12.3. The van der Waals surface area contributed by atoms with Crippen LogP contribution in [0, 0.1) is 12.8 Å². The molecular weight excluding hydrogens is 256 g/mol. The van der Waals surface area contributed by atoms with Crippen LogP contribution in [0.5, 0.6) is 0 Å². The van der Waals surface area contributed by atoms with Gasteiger partial charge in [0.05, 0.1) is 11.5 Å². The number of hydrogen-bond acceptors (Lipinski definition) is 2. The number of aliphatic carboxylic acids is 1. The smallest absolute Gasteiger partial charge is 0.308 e. The minimum absolute atomic E-state index is 0.198. The van der Waals surface area contributed by atoms with Gasteiger partial charge in [0.2, 0.25) is 0 Å². The Morgan fingerprint density at radius 3 is 2.65 bits per heavy atom. The second-order valence-corrected chi connectivity index (χ2v) is 5.93. The van der Waals surface area contributed by atoms with Crippen molar-refractivity contribution >= 4 is 11.9 Å². The third kappa shape index (κ3) is 2.57. The summed E-state index contributed by atoms with van der Waals surface area (Å²) >= 11 is 0. The Balaban J connectivity index is 2.20. The molecular formula is C15H22N2O3. The lowest BCUT2D eigenvalue weighted by atomic mass is 9.74. The number of aromatic nitrogens is 1. The first-order valence-corrected chi connectivity index (χ1v) is 7.03. The largest absolute Gasteiger partial charge is 0.481 e. The summed E-state index contributed by atoms with van der Waals surface area (Å²) in [6.07, 6.45) is 3.19. The van der Waals surface area contributed by atoms with Gasteiger partial charge in [-0.05, 0) is 38.8 Å². The molecule has 0 saturated heterocycles. The monoisotopic (exact) mass is 278 g/mol. The first-order valence-electron chi connectivity index (χ1n) is 7.03. The van der Waals surface area contributed by atoms with Crippen LogP contribution in [0.2, 0.25) is 0 Å². The molecule has 1 aromatic heterocycles. The molecule has 110 valence electrons. The summed E-state index contributed by atoms with van der Waals surface area (Å²) in [5, 5.41) is 12.3. The van der Waals surface area contributed by atoms with E-state index in [1.807, 2.05) is 31.5 Å². The maximum absolute atomic E-state index is 12.4. The van der Waals surface area contributed by atoms with E-state index in [4.69, 9.17) is 0 Å². The van der Waals surface area contributed by atoms with Crippen molar-refractivity contribution in [2.24, 2.45) is 13.0 Å². The van der Waals surface area contributed by atoms with Crippen molar-refractivity contribution in [3.05, 3.63) is 23.5 Å². The standard InChI is InChI=1S/C15H22N2O3/c1-10-7-8-12(17(10)3)13(18)16-15(2)9-5-4-6-11(15)14(19)20/h7-8,11H,4-6,9H2,1-3H3,(H,16,18)(H,19,20). The molecule has 1 amide bonds. The minimum atomic E-state index is -0.824. The predicted octanol–water partition coefficient (Wildman–Crippen LogP) is 2.10. The zero-order chi connectivity index (χ0) is 14.9. The molecule has 0 spiro atoms. The molecule has 0 radical (unpaired) electrons. The van der Waals surface area contributed by atoms with Gasteiger partial charge in [-0.15, -0.1) is 0 Å². The second kappa shape index (κ2) is 5.31. The highest BCUT2D eigenvalue weighted by molar-refractivity contribution is 5.93. The number of nitrogens with one attached hydrogen (secondary N) is 1. The molecule has 1 fully saturated rings. The van der Waals surface area contributed by atoms with Crippen LogP contribution in [0.25, 0.3) is 0 Å². The van der Waals surface area contributed by atoms with Crippen molar-refractivity contribution in [2.45, 2.75) is 45.1 Å². The molecule has 2 unspecified atom stereocenters. The summed E-state index contributed by atoms with van der Waals surface area (Å²) in [7, 11) is 1.84. The van der Waals surface area contributed by atoms with Crippen molar-refractivity contribution in [3.8, 4) is 0 Å². The Morgan fingerprint density at radius 2 is 2.10 bits per heavy atom. The van der Waals surface area contributed by atoms with Crippen LogP contribution < -0.4 is 5.32 Å². The van der Waals surface area contributed by atoms with Crippen molar-refractivity contribution in [1.82, 2.24) is 9.88 Å². The summed E-state index contributed by atoms with van der Waals surface area (Å²) in [4.78, 5) is 23.8. The fraction of sp³-hybridized carbons (Fsp3) is 0.600. The SMILES string of the molecule is Cc1ccc(C(=O)NC2(C)CCCCC2C(=O)O)n1C. The van der Waals surface area contributed by atoms with Gasteiger partial charge >= 0.3 is 5.97 Å². The third-order valence-electron chi connectivity index (χ3n) is 4.51. The summed E-state index contributed by atoms with van der Waals surface area (Å²) in [5.41, 5.74) is 0.900. The van der Waals surface area contributed by atoms with Gasteiger partial charge in [-0.25, -0.2) is 0 Å². The van der Waals surface area contributed by atoms with Crippen molar-refractivity contribution in [2.75, 3.05) is 0 Å². The molecule has 1 aromatic rings. The van der Waals surface area contributed by atoms with Crippen LogP contribution in [-0.2, 0) is 11.8 Å². The van der Waals surface area contributed by atoms with Gasteiger partial charge in [0, 0.05) is 12.7 Å². The Labute approximate surface area is 119 Å². The number of hydrogen-bond donors (Lipinski definition) is 2. The fourth-order valence-corrected chi connectivity index (χ4v) is 3.04. The van der Waals surface area contributed by atoms with Gasteiger partial charge in [0.25, 0.3) is 5.91 Å². The fourth-order valence-electron chi connectivity index (χ4n) is 3.04. The quantitative estimate of drug-likeness (QED) is 0.889. The molecule has 5 heteroatoms. The molecule has 0 aliphatic heterocycles. The molecule has 5 nitrogen and oxygen atoms in total. The lowest BCUT2D eigenvalue weighted by Crippen LogP contribution is -2.55. The maximum Gasteiger partial charge on any atom is 0.308 e. The van der Waals surface area contributed by atoms with E-state index in [0.717, 1.165) is 18.5 Å². The highest BCUT2D eigenvalue weighted by atomic mass is 16.4. The Bertz CT molecular complexity index is 535. The summed E-state index contributed by atoms with van der Waals surface area (Å²) in [6.45, 7) is 3.78. The number of nitrogens with zero attached hydrogens (tertiary/aromatic N) is 1. The van der Waals surface area contributed by atoms with Gasteiger partial charge in [-0.3, -0.25) is 9.59 Å². The van der Waals surface area contributed by atoms with Crippen LogP contribution in [0.4, 0.5) is 0 Å². The first kappa shape index (κ1) is 14.6. The molecule has 1 aliphatic rings. The molecule has 2 atom stereocenters. The highest BCUT2D eigenvalue weighted by Gasteiger charge is 2.42. The molecule has 20 heavy (non-hydrogen) atoms. The van der Waals surface area contributed by atoms with E-state index in [2.05, 4.69) is 5.32 Å². The van der Waals surface area contributed by atoms with Gasteiger partial charge in [-0.1, -0.05) is 12.8 Å². The lowest BCUT2D eigenvalue weighted by Gasteiger charge is -2.39. The molecule has 2 rings (SSSR count). The molecule has 1 heterocycles. The van der Waals surface area contributed by atoms with Gasteiger partial charge < -0.3 is 15.0 Å². The van der Waals surface area contributed by atoms with Crippen molar-refractivity contribution in [1.29, 1.82) is 0 Å². The maximum atomic E-state index is 12.4. The summed E-state index contributed by atoms with van der Waals surface area (Å²) in [6, 6.07) is 3.65. The van der Waals surface area contributed by atoms with E-state index in [1.54, 1.807) is 6.07 Å². The van der Waals surface area contributed by atoms with E-state index in [-0.39, 0.29) is 5.91 Å². The van der Waals surface area contributed by atoms with E-state index in [9.17, 15) is 14.7 Å². The number of amides is 1. The second-order valence-electron chi connectivity index (χ2n) is 5.93. The summed E-state index contributed by atoms with van der Waals surface area (Å²) < 4.78 is 1.82. The van der Waals surface area contributed by atoms with E-state index >= 15 is 0 Å². The average molecular weight is 278 g/mol. The van der Waals surface area contributed by atoms with Gasteiger partial charge in [0.1, 0.15) is 5.69 Å². The Hall–Kier alpha value is -1.78. The van der Waals surface area contributed by atoms with Crippen LogP contribution in [-0.4, -0.2) is 27.1 Å². The Kier molecular flexibility index (Phi) is 3.88. The number of rotatable bonds is 3. The minimum Gasteiger partial charge on any atom is -0.481 e. The van der Waals surface area contributed by atoms with E-state index in [0.29, 0.717) is 18.5 Å².